The van der Waals surface area contributed by atoms with Crippen LogP contribution in [0.1, 0.15) is 11.3 Å². The Bertz CT molecular complexity index is 895. The van der Waals surface area contributed by atoms with Crippen molar-refractivity contribution in [1.82, 2.24) is 15.2 Å². The molecule has 0 aliphatic rings. The van der Waals surface area contributed by atoms with Crippen LogP contribution in [0.3, 0.4) is 0 Å². The Balaban J connectivity index is 1.83. The first-order chi connectivity index (χ1) is 11.1. The number of hydrogen-bond acceptors (Lipinski definition) is 4. The minimum atomic E-state index is -0.325. The molecule has 0 aliphatic heterocycles. The average Bonchev–Trinajstić information content (AvgIpc) is 2.54. The van der Waals surface area contributed by atoms with E-state index in [0.717, 1.165) is 5.56 Å². The molecular formula is C16H12Cl2N4O. The van der Waals surface area contributed by atoms with E-state index in [1.54, 1.807) is 18.2 Å². The van der Waals surface area contributed by atoms with Gasteiger partial charge in [0.1, 0.15) is 5.69 Å². The maximum atomic E-state index is 12.2. The normalized spacial score (nSPS) is 10.5. The van der Waals surface area contributed by atoms with Crippen LogP contribution in [-0.4, -0.2) is 15.2 Å². The highest BCUT2D eigenvalue weighted by molar-refractivity contribution is 6.33. The lowest BCUT2D eigenvalue weighted by molar-refractivity contribution is 0.874. The van der Waals surface area contributed by atoms with E-state index in [9.17, 15) is 4.79 Å². The van der Waals surface area contributed by atoms with E-state index >= 15 is 0 Å². The fourth-order valence-corrected chi connectivity index (χ4v) is 2.43. The molecule has 0 spiro atoms. The summed E-state index contributed by atoms with van der Waals surface area (Å²) in [5.74, 6) is 0.228. The number of para-hydroxylation sites is 1. The molecule has 0 amide bonds. The van der Waals surface area contributed by atoms with Crippen LogP contribution in [0.15, 0.2) is 53.3 Å². The molecule has 0 saturated heterocycles. The van der Waals surface area contributed by atoms with E-state index in [2.05, 4.69) is 20.5 Å². The lowest BCUT2D eigenvalue weighted by Crippen LogP contribution is -2.19. The zero-order valence-electron chi connectivity index (χ0n) is 11.9. The summed E-state index contributed by atoms with van der Waals surface area (Å²) in [6.07, 6.45) is 0.314. The van der Waals surface area contributed by atoms with Crippen LogP contribution in [0.25, 0.3) is 0 Å². The quantitative estimate of drug-likeness (QED) is 0.753. The zero-order chi connectivity index (χ0) is 16.2. The van der Waals surface area contributed by atoms with Crippen molar-refractivity contribution < 1.29 is 0 Å². The predicted octanol–water partition coefficient (Wildman–Crippen LogP) is 3.81. The highest BCUT2D eigenvalue weighted by Crippen LogP contribution is 2.22. The number of rotatable bonds is 4. The Morgan fingerprint density at radius 1 is 0.957 bits per heavy atom. The summed E-state index contributed by atoms with van der Waals surface area (Å²) in [6.45, 7) is 0. The van der Waals surface area contributed by atoms with Crippen LogP contribution in [0.5, 0.6) is 0 Å². The molecule has 3 rings (SSSR count). The van der Waals surface area contributed by atoms with Crippen molar-refractivity contribution in [1.29, 1.82) is 0 Å². The molecule has 0 aliphatic carbocycles. The first kappa shape index (κ1) is 15.5. The zero-order valence-corrected chi connectivity index (χ0v) is 13.4. The van der Waals surface area contributed by atoms with Crippen molar-refractivity contribution in [3.05, 3.63) is 80.2 Å². The molecule has 0 saturated carbocycles. The molecule has 2 N–H and O–H groups in total. The predicted molar refractivity (Wildman–Crippen MR) is 91.6 cm³/mol. The minimum absolute atomic E-state index is 0.228. The number of nitrogens with one attached hydrogen (secondary N) is 2. The Morgan fingerprint density at radius 3 is 2.35 bits per heavy atom. The lowest BCUT2D eigenvalue weighted by atomic mass is 10.1. The van der Waals surface area contributed by atoms with Crippen molar-refractivity contribution in [2.45, 2.75) is 6.42 Å². The van der Waals surface area contributed by atoms with Gasteiger partial charge in [0.25, 0.3) is 5.56 Å². The molecule has 0 unspecified atom stereocenters. The summed E-state index contributed by atoms with van der Waals surface area (Å²) in [6, 6.07) is 14.5. The monoisotopic (exact) mass is 346 g/mol. The van der Waals surface area contributed by atoms with Gasteiger partial charge in [-0.25, -0.2) is 0 Å². The summed E-state index contributed by atoms with van der Waals surface area (Å²) < 4.78 is 0. The van der Waals surface area contributed by atoms with Crippen molar-refractivity contribution in [3.63, 3.8) is 0 Å². The van der Waals surface area contributed by atoms with Gasteiger partial charge in [0.05, 0.1) is 10.7 Å². The number of anilines is 2. The van der Waals surface area contributed by atoms with E-state index in [1.807, 2.05) is 30.3 Å². The molecule has 3 aromatic rings. The summed E-state index contributed by atoms with van der Waals surface area (Å²) >= 11 is 12.1. The Morgan fingerprint density at radius 2 is 1.65 bits per heavy atom. The molecular weight excluding hydrogens is 335 g/mol. The van der Waals surface area contributed by atoms with Crippen LogP contribution >= 0.6 is 23.2 Å². The maximum absolute atomic E-state index is 12.2. The van der Waals surface area contributed by atoms with Crippen molar-refractivity contribution in [2.24, 2.45) is 0 Å². The van der Waals surface area contributed by atoms with E-state index < -0.39 is 0 Å². The minimum Gasteiger partial charge on any atom is -0.323 e. The average molecular weight is 347 g/mol. The summed E-state index contributed by atoms with van der Waals surface area (Å²) in [5, 5.41) is 12.0. The molecule has 1 heterocycles. The summed E-state index contributed by atoms with van der Waals surface area (Å²) in [7, 11) is 0. The van der Waals surface area contributed by atoms with E-state index in [0.29, 0.717) is 27.8 Å². The standard InChI is InChI=1S/C16H12Cl2N4O/c17-11-6-2-1-5-10(11)9-14-15(23)20-16(22-21-14)19-13-8-4-3-7-12(13)18/h1-8H,9H2,(H2,19,20,22,23). The Labute approximate surface area is 142 Å². The molecule has 1 aromatic heterocycles. The Hall–Kier alpha value is -2.37. The fourth-order valence-electron chi connectivity index (χ4n) is 2.04. The molecule has 5 nitrogen and oxygen atoms in total. The lowest BCUT2D eigenvalue weighted by Gasteiger charge is -2.07. The van der Waals surface area contributed by atoms with E-state index in [-0.39, 0.29) is 11.5 Å². The molecule has 7 heteroatoms. The van der Waals surface area contributed by atoms with Crippen LogP contribution in [0.4, 0.5) is 11.6 Å². The highest BCUT2D eigenvalue weighted by Gasteiger charge is 2.09. The maximum Gasteiger partial charge on any atom is 0.274 e. The highest BCUT2D eigenvalue weighted by atomic mass is 35.5. The largest absolute Gasteiger partial charge is 0.323 e. The van der Waals surface area contributed by atoms with Crippen molar-refractivity contribution in [2.75, 3.05) is 5.32 Å². The fraction of sp³-hybridized carbons (Fsp3) is 0.0625. The number of benzene rings is 2. The third kappa shape index (κ3) is 3.70. The van der Waals surface area contributed by atoms with Gasteiger partial charge in [0.15, 0.2) is 0 Å². The van der Waals surface area contributed by atoms with Gasteiger partial charge < -0.3 is 5.32 Å². The van der Waals surface area contributed by atoms with Crippen molar-refractivity contribution >= 4 is 34.8 Å². The summed E-state index contributed by atoms with van der Waals surface area (Å²) in [5.41, 5.74) is 1.43. The second kappa shape index (κ2) is 6.81. The number of aromatic amines is 1. The molecule has 2 aromatic carbocycles. The second-order valence-corrected chi connectivity index (χ2v) is 5.64. The smallest absolute Gasteiger partial charge is 0.274 e. The molecule has 0 atom stereocenters. The third-order valence-electron chi connectivity index (χ3n) is 3.21. The van der Waals surface area contributed by atoms with Gasteiger partial charge in [0, 0.05) is 11.4 Å². The van der Waals surface area contributed by atoms with E-state index in [1.165, 1.54) is 0 Å². The number of H-pyrrole nitrogens is 1. The molecule has 23 heavy (non-hydrogen) atoms. The van der Waals surface area contributed by atoms with Crippen LogP contribution in [0.2, 0.25) is 10.0 Å². The van der Waals surface area contributed by atoms with Gasteiger partial charge in [-0.2, -0.15) is 0 Å². The number of aromatic nitrogens is 3. The van der Waals surface area contributed by atoms with Gasteiger partial charge in [-0.1, -0.05) is 53.5 Å². The SMILES string of the molecule is O=c1[nH]c(Nc2ccccc2Cl)nnc1Cc1ccccc1Cl. The van der Waals surface area contributed by atoms with Crippen molar-refractivity contribution in [3.8, 4) is 0 Å². The van der Waals surface area contributed by atoms with Crippen LogP contribution < -0.4 is 10.9 Å². The van der Waals surface area contributed by atoms with E-state index in [4.69, 9.17) is 23.2 Å². The first-order valence-electron chi connectivity index (χ1n) is 6.84. The molecule has 0 bridgehead atoms. The second-order valence-electron chi connectivity index (χ2n) is 4.82. The molecule has 0 fully saturated rings. The number of nitrogens with zero attached hydrogens (tertiary/aromatic N) is 2. The Kier molecular flexibility index (Phi) is 4.60. The van der Waals surface area contributed by atoms with Gasteiger partial charge in [-0.3, -0.25) is 9.78 Å². The number of halogens is 2. The van der Waals surface area contributed by atoms with Gasteiger partial charge in [-0.05, 0) is 23.8 Å². The van der Waals surface area contributed by atoms with Crippen LogP contribution in [-0.2, 0) is 6.42 Å². The first-order valence-corrected chi connectivity index (χ1v) is 7.60. The van der Waals surface area contributed by atoms with Gasteiger partial charge in [0.2, 0.25) is 5.95 Å². The van der Waals surface area contributed by atoms with Crippen LogP contribution in [0, 0.1) is 0 Å². The van der Waals surface area contributed by atoms with Gasteiger partial charge in [-0.15, -0.1) is 10.2 Å². The third-order valence-corrected chi connectivity index (χ3v) is 3.91. The number of hydrogen-bond donors (Lipinski definition) is 2. The topological polar surface area (TPSA) is 70.7 Å². The molecule has 116 valence electrons. The van der Waals surface area contributed by atoms with Gasteiger partial charge >= 0.3 is 0 Å². The summed E-state index contributed by atoms with van der Waals surface area (Å²) in [4.78, 5) is 14.8. The molecule has 0 radical (unpaired) electrons.